The van der Waals surface area contributed by atoms with Crippen molar-refractivity contribution >= 4 is 23.1 Å². The molecule has 0 radical (unpaired) electrons. The van der Waals surface area contributed by atoms with Crippen LogP contribution in [0.25, 0.3) is 0 Å². The van der Waals surface area contributed by atoms with Crippen LogP contribution in [0.4, 0.5) is 0 Å². The minimum absolute atomic E-state index is 0.00495. The fraction of sp³-hybridized carbons (Fsp3) is 0.833. The fourth-order valence-electron chi connectivity index (χ4n) is 1.72. The van der Waals surface area contributed by atoms with Gasteiger partial charge in [-0.1, -0.05) is 45.8 Å². The smallest absolute Gasteiger partial charge is 0.230 e. The second kappa shape index (κ2) is 8.50. The molecule has 0 bridgehead atoms. The Balaban J connectivity index is 4.32. The van der Waals surface area contributed by atoms with Gasteiger partial charge in [0.1, 0.15) is 0 Å². The molecule has 3 nitrogen and oxygen atoms in total. The maximum absolute atomic E-state index is 11.9. The van der Waals surface area contributed by atoms with E-state index in [2.05, 4.69) is 19.2 Å². The lowest BCUT2D eigenvalue weighted by molar-refractivity contribution is -0.123. The first-order chi connectivity index (χ1) is 7.56. The Hall–Kier alpha value is -0.640. The molecule has 2 atom stereocenters. The first kappa shape index (κ1) is 15.4. The summed E-state index contributed by atoms with van der Waals surface area (Å²) in [4.78, 5) is 12.3. The summed E-state index contributed by atoms with van der Waals surface area (Å²) in [6, 6.07) is 0.256. The Kier molecular flexibility index (Phi) is 8.16. The fourth-order valence-corrected chi connectivity index (χ4v) is 1.94. The maximum Gasteiger partial charge on any atom is 0.230 e. The Morgan fingerprint density at radius 2 is 1.81 bits per heavy atom. The first-order valence-corrected chi connectivity index (χ1v) is 6.57. The molecule has 0 aromatic rings. The number of thiocarbonyl (C=S) groups is 1. The second-order valence-electron chi connectivity index (χ2n) is 4.15. The molecule has 0 heterocycles. The molecular formula is C12H24N2OS. The van der Waals surface area contributed by atoms with E-state index in [9.17, 15) is 4.79 Å². The van der Waals surface area contributed by atoms with Gasteiger partial charge in [0.05, 0.1) is 10.9 Å². The summed E-state index contributed by atoms with van der Waals surface area (Å²) < 4.78 is 0. The van der Waals surface area contributed by atoms with Crippen molar-refractivity contribution < 1.29 is 4.79 Å². The van der Waals surface area contributed by atoms with Crippen molar-refractivity contribution in [1.82, 2.24) is 5.32 Å². The highest BCUT2D eigenvalue weighted by molar-refractivity contribution is 7.80. The minimum Gasteiger partial charge on any atom is -0.393 e. The Bertz CT molecular complexity index is 231. The molecule has 16 heavy (non-hydrogen) atoms. The predicted molar refractivity (Wildman–Crippen MR) is 72.3 cm³/mol. The van der Waals surface area contributed by atoms with Crippen LogP contribution in [0.3, 0.4) is 0 Å². The Morgan fingerprint density at radius 3 is 2.19 bits per heavy atom. The van der Waals surface area contributed by atoms with Crippen molar-refractivity contribution in [2.75, 3.05) is 0 Å². The molecule has 1 amide bonds. The number of rotatable bonds is 8. The zero-order valence-electron chi connectivity index (χ0n) is 10.6. The molecule has 0 aliphatic heterocycles. The van der Waals surface area contributed by atoms with E-state index in [4.69, 9.17) is 18.0 Å². The van der Waals surface area contributed by atoms with E-state index < -0.39 is 0 Å². The highest BCUT2D eigenvalue weighted by Gasteiger charge is 2.22. The van der Waals surface area contributed by atoms with E-state index in [0.717, 1.165) is 32.1 Å². The van der Waals surface area contributed by atoms with Gasteiger partial charge in [-0.3, -0.25) is 4.79 Å². The molecule has 94 valence electrons. The summed E-state index contributed by atoms with van der Waals surface area (Å²) in [6.07, 6.45) is 4.70. The topological polar surface area (TPSA) is 55.1 Å². The van der Waals surface area contributed by atoms with E-state index in [-0.39, 0.29) is 17.9 Å². The standard InChI is InChI=1S/C12H24N2OS/c1-4-7-9(6-3)14-12(15)10(8-5-2)11(13)16/h9-10H,4-8H2,1-3H3,(H2,13,16)(H,14,15). The van der Waals surface area contributed by atoms with Crippen molar-refractivity contribution in [3.05, 3.63) is 0 Å². The number of hydrogen-bond acceptors (Lipinski definition) is 2. The molecule has 4 heteroatoms. The SMILES string of the molecule is CCCC(CC)NC(=O)C(CCC)C(N)=S. The van der Waals surface area contributed by atoms with Crippen LogP contribution in [0.15, 0.2) is 0 Å². The van der Waals surface area contributed by atoms with Gasteiger partial charge in [-0.15, -0.1) is 0 Å². The van der Waals surface area contributed by atoms with Crippen LogP contribution < -0.4 is 11.1 Å². The average Bonchev–Trinajstić information content (AvgIpc) is 2.24. The summed E-state index contributed by atoms with van der Waals surface area (Å²) in [6.45, 7) is 6.23. The number of amides is 1. The van der Waals surface area contributed by atoms with Crippen LogP contribution >= 0.6 is 12.2 Å². The van der Waals surface area contributed by atoms with Gasteiger partial charge in [0, 0.05) is 6.04 Å². The molecule has 2 unspecified atom stereocenters. The summed E-state index contributed by atoms with van der Waals surface area (Å²) in [5.74, 6) is -0.305. The molecular weight excluding hydrogens is 220 g/mol. The Morgan fingerprint density at radius 1 is 1.25 bits per heavy atom. The third-order valence-corrected chi connectivity index (χ3v) is 3.00. The highest BCUT2D eigenvalue weighted by atomic mass is 32.1. The first-order valence-electron chi connectivity index (χ1n) is 6.16. The lowest BCUT2D eigenvalue weighted by Gasteiger charge is -2.20. The summed E-state index contributed by atoms with van der Waals surface area (Å²) >= 11 is 4.93. The van der Waals surface area contributed by atoms with Gasteiger partial charge in [-0.2, -0.15) is 0 Å². The normalized spacial score (nSPS) is 14.2. The monoisotopic (exact) mass is 244 g/mol. The summed E-state index contributed by atoms with van der Waals surface area (Å²) in [7, 11) is 0. The van der Waals surface area contributed by atoms with Crippen LogP contribution in [-0.2, 0) is 4.79 Å². The van der Waals surface area contributed by atoms with Gasteiger partial charge in [0.15, 0.2) is 0 Å². The van der Waals surface area contributed by atoms with E-state index in [0.29, 0.717) is 4.99 Å². The van der Waals surface area contributed by atoms with Crippen molar-refractivity contribution in [2.45, 2.75) is 58.9 Å². The van der Waals surface area contributed by atoms with Crippen molar-refractivity contribution in [2.24, 2.45) is 11.7 Å². The zero-order chi connectivity index (χ0) is 12.6. The van der Waals surface area contributed by atoms with Crippen LogP contribution in [0.2, 0.25) is 0 Å². The molecule has 0 rings (SSSR count). The third kappa shape index (κ3) is 5.45. The lowest BCUT2D eigenvalue weighted by atomic mass is 10.0. The van der Waals surface area contributed by atoms with Gasteiger partial charge >= 0.3 is 0 Å². The van der Waals surface area contributed by atoms with Gasteiger partial charge < -0.3 is 11.1 Å². The van der Waals surface area contributed by atoms with Crippen LogP contribution in [0, 0.1) is 5.92 Å². The van der Waals surface area contributed by atoms with Crippen molar-refractivity contribution in [1.29, 1.82) is 0 Å². The summed E-state index contributed by atoms with van der Waals surface area (Å²) in [5.41, 5.74) is 5.59. The van der Waals surface area contributed by atoms with Crippen molar-refractivity contribution in [3.63, 3.8) is 0 Å². The van der Waals surface area contributed by atoms with E-state index >= 15 is 0 Å². The number of nitrogens with two attached hydrogens (primary N) is 1. The molecule has 3 N–H and O–H groups in total. The second-order valence-corrected chi connectivity index (χ2v) is 4.62. The van der Waals surface area contributed by atoms with Gasteiger partial charge in [0.25, 0.3) is 0 Å². The number of carbonyl (C=O) groups excluding carboxylic acids is 1. The summed E-state index contributed by atoms with van der Waals surface area (Å²) in [5, 5.41) is 3.03. The van der Waals surface area contributed by atoms with Crippen LogP contribution in [-0.4, -0.2) is 16.9 Å². The molecule has 0 fully saturated rings. The quantitative estimate of drug-likeness (QED) is 0.645. The largest absolute Gasteiger partial charge is 0.393 e. The highest BCUT2D eigenvalue weighted by Crippen LogP contribution is 2.09. The molecule has 0 aliphatic rings. The van der Waals surface area contributed by atoms with Gasteiger partial charge in [0.2, 0.25) is 5.91 Å². The van der Waals surface area contributed by atoms with Crippen molar-refractivity contribution in [3.8, 4) is 0 Å². The van der Waals surface area contributed by atoms with Crippen LogP contribution in [0.5, 0.6) is 0 Å². The maximum atomic E-state index is 11.9. The Labute approximate surface area is 104 Å². The van der Waals surface area contributed by atoms with E-state index in [1.807, 2.05) is 6.92 Å². The lowest BCUT2D eigenvalue weighted by Crippen LogP contribution is -2.42. The van der Waals surface area contributed by atoms with Gasteiger partial charge in [-0.05, 0) is 19.3 Å². The average molecular weight is 244 g/mol. The predicted octanol–water partition coefficient (Wildman–Crippen LogP) is 2.38. The number of hydrogen-bond donors (Lipinski definition) is 2. The third-order valence-electron chi connectivity index (χ3n) is 2.71. The minimum atomic E-state index is -0.300. The van der Waals surface area contributed by atoms with E-state index in [1.165, 1.54) is 0 Å². The molecule has 0 saturated heterocycles. The number of carbonyl (C=O) groups is 1. The molecule has 0 saturated carbocycles. The number of nitrogens with one attached hydrogen (secondary N) is 1. The van der Waals surface area contributed by atoms with Crippen LogP contribution in [0.1, 0.15) is 52.9 Å². The molecule has 0 aliphatic carbocycles. The molecule has 0 aromatic carbocycles. The zero-order valence-corrected chi connectivity index (χ0v) is 11.4. The van der Waals surface area contributed by atoms with Gasteiger partial charge in [-0.25, -0.2) is 0 Å². The van der Waals surface area contributed by atoms with E-state index in [1.54, 1.807) is 0 Å². The molecule has 0 aromatic heterocycles. The molecule has 0 spiro atoms.